The zero-order valence-corrected chi connectivity index (χ0v) is 16.4. The molecular formula is C18H25N5O3S. The van der Waals surface area contributed by atoms with Gasteiger partial charge in [0, 0.05) is 24.2 Å². The van der Waals surface area contributed by atoms with Gasteiger partial charge in [0.05, 0.1) is 11.4 Å². The molecule has 0 radical (unpaired) electrons. The summed E-state index contributed by atoms with van der Waals surface area (Å²) in [4.78, 5) is 16.6. The number of aromatic nitrogens is 3. The van der Waals surface area contributed by atoms with Crippen LogP contribution in [0.4, 0.5) is 0 Å². The summed E-state index contributed by atoms with van der Waals surface area (Å²) < 4.78 is 29.1. The molecule has 1 N–H and O–H groups in total. The molecule has 2 unspecified atom stereocenters. The quantitative estimate of drug-likeness (QED) is 0.808. The number of nitrogens with one attached hydrogen (secondary N) is 1. The van der Waals surface area contributed by atoms with Gasteiger partial charge in [-0.1, -0.05) is 12.5 Å². The van der Waals surface area contributed by atoms with Crippen molar-refractivity contribution in [1.82, 2.24) is 24.4 Å². The zero-order valence-electron chi connectivity index (χ0n) is 15.6. The summed E-state index contributed by atoms with van der Waals surface area (Å²) in [5, 5.41) is 6.88. The van der Waals surface area contributed by atoms with E-state index in [0.29, 0.717) is 18.7 Å². The Bertz CT molecular complexity index is 882. The number of rotatable bonds is 6. The molecule has 9 heteroatoms. The summed E-state index contributed by atoms with van der Waals surface area (Å²) >= 11 is 0. The lowest BCUT2D eigenvalue weighted by Gasteiger charge is -2.32. The first-order valence-electron chi connectivity index (χ1n) is 9.13. The first kappa shape index (κ1) is 19.5. The fraction of sp³-hybridized carbons (Fsp3) is 0.500. The van der Waals surface area contributed by atoms with E-state index in [0.717, 1.165) is 19.3 Å². The minimum Gasteiger partial charge on any atom is -0.348 e. The lowest BCUT2D eigenvalue weighted by molar-refractivity contribution is 0.0935. The Morgan fingerprint density at radius 3 is 2.89 bits per heavy atom. The van der Waals surface area contributed by atoms with Crippen molar-refractivity contribution in [3.63, 3.8) is 0 Å². The molecule has 2 aromatic rings. The van der Waals surface area contributed by atoms with E-state index in [4.69, 9.17) is 0 Å². The van der Waals surface area contributed by atoms with Gasteiger partial charge in [-0.25, -0.2) is 13.4 Å². The van der Waals surface area contributed by atoms with Crippen LogP contribution >= 0.6 is 0 Å². The Balaban J connectivity index is 1.73. The van der Waals surface area contributed by atoms with Crippen molar-refractivity contribution < 1.29 is 13.2 Å². The van der Waals surface area contributed by atoms with Crippen LogP contribution < -0.4 is 5.32 Å². The number of nitrogens with zero attached hydrogens (tertiary/aromatic N) is 4. The van der Waals surface area contributed by atoms with Crippen LogP contribution in [0.25, 0.3) is 0 Å². The van der Waals surface area contributed by atoms with E-state index in [-0.39, 0.29) is 22.9 Å². The normalized spacial score (nSPS) is 19.6. The molecular weight excluding hydrogens is 366 g/mol. The Morgan fingerprint density at radius 1 is 1.37 bits per heavy atom. The molecule has 1 saturated heterocycles. The van der Waals surface area contributed by atoms with Gasteiger partial charge in [-0.2, -0.15) is 9.40 Å². The highest BCUT2D eigenvalue weighted by molar-refractivity contribution is 7.89. The monoisotopic (exact) mass is 391 g/mol. The second-order valence-corrected chi connectivity index (χ2v) is 8.87. The van der Waals surface area contributed by atoms with Crippen molar-refractivity contribution >= 4 is 15.9 Å². The summed E-state index contributed by atoms with van der Waals surface area (Å²) in [5.41, 5.74) is 0.325. The number of carbonyl (C=O) groups excluding carboxylic acids is 1. The molecule has 8 nitrogen and oxygen atoms in total. The van der Waals surface area contributed by atoms with Crippen molar-refractivity contribution in [2.75, 3.05) is 6.54 Å². The van der Waals surface area contributed by atoms with Crippen LogP contribution in [0.1, 0.15) is 43.5 Å². The summed E-state index contributed by atoms with van der Waals surface area (Å²) in [5.74, 6) is -0.314. The van der Waals surface area contributed by atoms with Gasteiger partial charge in [0.1, 0.15) is 12.7 Å². The van der Waals surface area contributed by atoms with Gasteiger partial charge in [0.2, 0.25) is 10.0 Å². The number of sulfonamides is 1. The smallest absolute Gasteiger partial charge is 0.251 e. The SMILES string of the molecule is CC(Cn1cncn1)NC(=O)c1cccc(S(=O)(=O)N2CCCCC2C)c1. The topological polar surface area (TPSA) is 97.2 Å². The highest BCUT2D eigenvalue weighted by Gasteiger charge is 2.31. The van der Waals surface area contributed by atoms with Crippen LogP contribution in [0, 0.1) is 0 Å². The highest BCUT2D eigenvalue weighted by atomic mass is 32.2. The second kappa shape index (κ2) is 8.18. The van der Waals surface area contributed by atoms with Crippen LogP contribution in [0.2, 0.25) is 0 Å². The van der Waals surface area contributed by atoms with E-state index in [1.54, 1.807) is 33.5 Å². The first-order valence-corrected chi connectivity index (χ1v) is 10.6. The van der Waals surface area contributed by atoms with Crippen LogP contribution in [-0.2, 0) is 16.6 Å². The maximum absolute atomic E-state index is 13.0. The van der Waals surface area contributed by atoms with E-state index >= 15 is 0 Å². The van der Waals surface area contributed by atoms with Gasteiger partial charge in [0.25, 0.3) is 5.91 Å². The van der Waals surface area contributed by atoms with Gasteiger partial charge >= 0.3 is 0 Å². The number of carbonyl (C=O) groups is 1. The fourth-order valence-corrected chi connectivity index (χ4v) is 5.07. The summed E-state index contributed by atoms with van der Waals surface area (Å²) in [6.07, 6.45) is 5.78. The molecule has 1 amide bonds. The van der Waals surface area contributed by atoms with Gasteiger partial charge in [-0.05, 0) is 44.9 Å². The molecule has 2 heterocycles. The van der Waals surface area contributed by atoms with Crippen molar-refractivity contribution in [2.45, 2.75) is 56.6 Å². The Hall–Kier alpha value is -2.26. The van der Waals surface area contributed by atoms with E-state index < -0.39 is 10.0 Å². The van der Waals surface area contributed by atoms with E-state index in [1.807, 2.05) is 13.8 Å². The third-order valence-corrected chi connectivity index (χ3v) is 6.76. The zero-order chi connectivity index (χ0) is 19.4. The third-order valence-electron chi connectivity index (χ3n) is 4.75. The van der Waals surface area contributed by atoms with Crippen LogP contribution in [0.3, 0.4) is 0 Å². The van der Waals surface area contributed by atoms with Gasteiger partial charge < -0.3 is 5.32 Å². The average Bonchev–Trinajstić information content (AvgIpc) is 3.14. The van der Waals surface area contributed by atoms with Crippen molar-refractivity contribution in [1.29, 1.82) is 0 Å². The van der Waals surface area contributed by atoms with E-state index in [2.05, 4.69) is 15.4 Å². The maximum Gasteiger partial charge on any atom is 0.251 e. The molecule has 0 bridgehead atoms. The summed E-state index contributed by atoms with van der Waals surface area (Å²) in [6, 6.07) is 6.03. The Labute approximate surface area is 159 Å². The molecule has 2 atom stereocenters. The second-order valence-electron chi connectivity index (χ2n) is 6.98. The van der Waals surface area contributed by atoms with Gasteiger partial charge in [-0.15, -0.1) is 0 Å². The lowest BCUT2D eigenvalue weighted by Crippen LogP contribution is -2.42. The number of piperidine rings is 1. The molecule has 3 rings (SSSR count). The van der Waals surface area contributed by atoms with Crippen molar-refractivity contribution in [2.24, 2.45) is 0 Å². The average molecular weight is 391 g/mol. The van der Waals surface area contributed by atoms with Crippen LogP contribution in [0.5, 0.6) is 0 Å². The third kappa shape index (κ3) is 4.54. The van der Waals surface area contributed by atoms with Crippen molar-refractivity contribution in [3.05, 3.63) is 42.5 Å². The van der Waals surface area contributed by atoms with Crippen LogP contribution in [0.15, 0.2) is 41.8 Å². The summed E-state index contributed by atoms with van der Waals surface area (Å²) in [7, 11) is -3.61. The Morgan fingerprint density at radius 2 is 2.19 bits per heavy atom. The molecule has 0 spiro atoms. The molecule has 0 saturated carbocycles. The molecule has 1 aromatic heterocycles. The summed E-state index contributed by atoms with van der Waals surface area (Å²) in [6.45, 7) is 4.79. The molecule has 0 aliphatic carbocycles. The number of amides is 1. The van der Waals surface area contributed by atoms with Gasteiger partial charge in [0.15, 0.2) is 0 Å². The van der Waals surface area contributed by atoms with Crippen molar-refractivity contribution in [3.8, 4) is 0 Å². The molecule has 1 aliphatic rings. The minimum atomic E-state index is -3.61. The maximum atomic E-state index is 13.0. The highest BCUT2D eigenvalue weighted by Crippen LogP contribution is 2.25. The number of hydrogen-bond acceptors (Lipinski definition) is 5. The minimum absolute atomic E-state index is 0.0241. The molecule has 1 aliphatic heterocycles. The number of hydrogen-bond donors (Lipinski definition) is 1. The van der Waals surface area contributed by atoms with Crippen LogP contribution in [-0.4, -0.2) is 52.0 Å². The lowest BCUT2D eigenvalue weighted by atomic mass is 10.1. The molecule has 146 valence electrons. The predicted molar refractivity (Wildman–Crippen MR) is 101 cm³/mol. The fourth-order valence-electron chi connectivity index (χ4n) is 3.32. The first-order chi connectivity index (χ1) is 12.9. The molecule has 1 fully saturated rings. The van der Waals surface area contributed by atoms with E-state index in [1.165, 1.54) is 12.4 Å². The standard InChI is InChI=1S/C18H25N5O3S/c1-14(11-22-13-19-12-20-22)21-18(24)16-7-5-8-17(10-16)27(25,26)23-9-4-3-6-15(23)2/h5,7-8,10,12-15H,3-4,6,9,11H2,1-2H3,(H,21,24). The largest absolute Gasteiger partial charge is 0.348 e. The Kier molecular flexibility index (Phi) is 5.91. The van der Waals surface area contributed by atoms with E-state index in [9.17, 15) is 13.2 Å². The van der Waals surface area contributed by atoms with Gasteiger partial charge in [-0.3, -0.25) is 9.48 Å². The molecule has 1 aromatic carbocycles. The molecule has 27 heavy (non-hydrogen) atoms. The number of benzene rings is 1. The predicted octanol–water partition coefficient (Wildman–Crippen LogP) is 1.66.